The van der Waals surface area contributed by atoms with Crippen molar-refractivity contribution in [3.63, 3.8) is 0 Å². The number of benzene rings is 1. The molecule has 4 heterocycles. The van der Waals surface area contributed by atoms with Crippen molar-refractivity contribution in [3.05, 3.63) is 58.8 Å². The van der Waals surface area contributed by atoms with Crippen LogP contribution >= 0.6 is 11.8 Å². The van der Waals surface area contributed by atoms with Gasteiger partial charge in [0.05, 0.1) is 6.20 Å². The lowest BCUT2D eigenvalue weighted by Crippen LogP contribution is -2.34. The number of carbonyl (C=O) groups excluding carboxylic acids is 1. The van der Waals surface area contributed by atoms with E-state index in [1.807, 2.05) is 12.1 Å². The maximum atomic E-state index is 12.5. The Balaban J connectivity index is 1.47. The largest absolute Gasteiger partial charge is 0.463 e. The molecule has 1 aromatic carbocycles. The summed E-state index contributed by atoms with van der Waals surface area (Å²) in [5, 5.41) is 22.4. The third kappa shape index (κ3) is 4.16. The van der Waals surface area contributed by atoms with Crippen LogP contribution in [0.2, 0.25) is 0 Å². The zero-order valence-electron chi connectivity index (χ0n) is 17.9. The topological polar surface area (TPSA) is 150 Å². The van der Waals surface area contributed by atoms with Gasteiger partial charge in [-0.25, -0.2) is 19.7 Å². The van der Waals surface area contributed by atoms with Crippen molar-refractivity contribution in [2.45, 2.75) is 42.4 Å². The summed E-state index contributed by atoms with van der Waals surface area (Å²) in [5.41, 5.74) is 1.31. The van der Waals surface area contributed by atoms with Crippen LogP contribution in [0.25, 0.3) is 22.1 Å². The first-order valence-corrected chi connectivity index (χ1v) is 11.4. The highest BCUT2D eigenvalue weighted by Gasteiger charge is 2.45. The number of aromatic nitrogens is 4. The summed E-state index contributed by atoms with van der Waals surface area (Å²) in [6, 6.07) is 8.99. The number of carbonyl (C=O) groups is 1. The molecule has 11 nitrogen and oxygen atoms in total. The summed E-state index contributed by atoms with van der Waals surface area (Å²) in [7, 11) is 0. The molecular weight excluding hydrogens is 464 g/mol. The van der Waals surface area contributed by atoms with E-state index in [0.717, 1.165) is 5.39 Å². The van der Waals surface area contributed by atoms with Gasteiger partial charge in [-0.1, -0.05) is 30.0 Å². The number of hydrogen-bond donors (Lipinski definition) is 2. The van der Waals surface area contributed by atoms with Gasteiger partial charge in [-0.05, 0) is 12.1 Å². The number of hydrogen-bond acceptors (Lipinski definition) is 11. The molecule has 1 fully saturated rings. The van der Waals surface area contributed by atoms with Crippen LogP contribution < -0.4 is 5.63 Å². The molecule has 4 atom stereocenters. The number of aliphatic hydroxyl groups excluding tert-OH is 2. The molecule has 4 aromatic rings. The van der Waals surface area contributed by atoms with Gasteiger partial charge in [-0.15, -0.1) is 0 Å². The molecule has 34 heavy (non-hydrogen) atoms. The van der Waals surface area contributed by atoms with E-state index < -0.39 is 36.1 Å². The van der Waals surface area contributed by atoms with E-state index in [0.29, 0.717) is 27.5 Å². The summed E-state index contributed by atoms with van der Waals surface area (Å²) >= 11 is 1.22. The van der Waals surface area contributed by atoms with Gasteiger partial charge < -0.3 is 24.1 Å². The maximum Gasteiger partial charge on any atom is 0.340 e. The summed E-state index contributed by atoms with van der Waals surface area (Å²) in [5.74, 6) is -0.299. The molecule has 1 saturated heterocycles. The van der Waals surface area contributed by atoms with Gasteiger partial charge in [-0.2, -0.15) is 0 Å². The Morgan fingerprint density at radius 3 is 2.91 bits per heavy atom. The highest BCUT2D eigenvalue weighted by Crippen LogP contribution is 2.36. The smallest absolute Gasteiger partial charge is 0.340 e. The number of imidazole rings is 1. The SMILES string of the molecule is CC(=O)OC[C@H]1O[C@@H](n2c(SCc3cc4ccccc4oc3=O)nc3cncnc32)[C@H](O)[C@@H]1O. The molecule has 2 N–H and O–H groups in total. The Hall–Kier alpha value is -3.32. The normalized spacial score (nSPS) is 22.4. The average Bonchev–Trinajstić information content (AvgIpc) is 3.33. The average molecular weight is 484 g/mol. The molecule has 1 aliphatic rings. The Bertz CT molecular complexity index is 1420. The monoisotopic (exact) mass is 484 g/mol. The molecule has 0 aliphatic carbocycles. The van der Waals surface area contributed by atoms with Gasteiger partial charge in [0.1, 0.15) is 42.3 Å². The molecule has 3 aromatic heterocycles. The van der Waals surface area contributed by atoms with E-state index in [1.165, 1.54) is 31.2 Å². The second-order valence-electron chi connectivity index (χ2n) is 7.73. The number of nitrogens with zero attached hydrogens (tertiary/aromatic N) is 4. The molecular formula is C22H20N4O7S. The molecule has 176 valence electrons. The standard InChI is InChI=1S/C22H20N4O7S/c1-11(27)31-8-16-17(28)18(29)20(32-16)26-19-14(7-23-10-24-19)25-22(26)34-9-13-6-12-4-2-3-5-15(12)33-21(13)30/h2-7,10,16-18,20,28-29H,8-9H2,1H3/t16-,17-,18-,20-/m1/s1. The van der Waals surface area contributed by atoms with Crippen molar-refractivity contribution < 1.29 is 28.9 Å². The number of ether oxygens (including phenoxy) is 2. The highest BCUT2D eigenvalue weighted by atomic mass is 32.2. The molecule has 12 heteroatoms. The van der Waals surface area contributed by atoms with E-state index in [1.54, 1.807) is 22.8 Å². The predicted molar refractivity (Wildman–Crippen MR) is 120 cm³/mol. The van der Waals surface area contributed by atoms with Gasteiger partial charge in [0.15, 0.2) is 17.0 Å². The number of fused-ring (bicyclic) bond motifs is 2. The Morgan fingerprint density at radius 1 is 1.26 bits per heavy atom. The summed E-state index contributed by atoms with van der Waals surface area (Å²) < 4.78 is 17.8. The predicted octanol–water partition coefficient (Wildman–Crippen LogP) is 1.41. The number of thioether (sulfide) groups is 1. The van der Waals surface area contributed by atoms with E-state index in [2.05, 4.69) is 15.0 Å². The number of rotatable bonds is 6. The summed E-state index contributed by atoms with van der Waals surface area (Å²) in [6.07, 6.45) is -1.77. The van der Waals surface area contributed by atoms with Crippen molar-refractivity contribution in [2.24, 2.45) is 0 Å². The first kappa shape index (κ1) is 22.5. The van der Waals surface area contributed by atoms with Crippen molar-refractivity contribution in [3.8, 4) is 0 Å². The highest BCUT2D eigenvalue weighted by molar-refractivity contribution is 7.98. The summed E-state index contributed by atoms with van der Waals surface area (Å²) in [4.78, 5) is 36.4. The molecule has 0 saturated carbocycles. The molecule has 0 spiro atoms. The number of para-hydroxylation sites is 1. The molecule has 0 bridgehead atoms. The van der Waals surface area contributed by atoms with E-state index >= 15 is 0 Å². The Labute approximate surface area is 196 Å². The van der Waals surface area contributed by atoms with E-state index in [-0.39, 0.29) is 12.4 Å². The van der Waals surface area contributed by atoms with Gasteiger partial charge in [0.25, 0.3) is 0 Å². The Morgan fingerprint density at radius 2 is 2.09 bits per heavy atom. The first-order chi connectivity index (χ1) is 16.4. The van der Waals surface area contributed by atoms with Crippen LogP contribution in [0.4, 0.5) is 0 Å². The fraction of sp³-hybridized carbons (Fsp3) is 0.318. The molecule has 5 rings (SSSR count). The second-order valence-corrected chi connectivity index (χ2v) is 8.67. The quantitative estimate of drug-likeness (QED) is 0.232. The van der Waals surface area contributed by atoms with Crippen molar-refractivity contribution in [1.82, 2.24) is 19.5 Å². The lowest BCUT2D eigenvalue weighted by Gasteiger charge is -2.19. The fourth-order valence-electron chi connectivity index (χ4n) is 3.79. The summed E-state index contributed by atoms with van der Waals surface area (Å²) in [6.45, 7) is 1.03. The molecule has 0 unspecified atom stereocenters. The van der Waals surface area contributed by atoms with Crippen LogP contribution in [0.1, 0.15) is 18.7 Å². The fourth-order valence-corrected chi connectivity index (χ4v) is 4.76. The van der Waals surface area contributed by atoms with Crippen molar-refractivity contribution in [2.75, 3.05) is 6.61 Å². The first-order valence-electron chi connectivity index (χ1n) is 10.4. The Kier molecular flexibility index (Phi) is 6.04. The third-order valence-corrected chi connectivity index (χ3v) is 6.44. The number of aliphatic hydroxyl groups is 2. The third-order valence-electron chi connectivity index (χ3n) is 5.44. The molecule has 1 aliphatic heterocycles. The van der Waals surface area contributed by atoms with Crippen molar-refractivity contribution >= 4 is 39.9 Å². The van der Waals surface area contributed by atoms with Crippen LogP contribution in [0.15, 0.2) is 57.2 Å². The van der Waals surface area contributed by atoms with Crippen LogP contribution in [-0.2, 0) is 20.0 Å². The van der Waals surface area contributed by atoms with E-state index in [4.69, 9.17) is 13.9 Å². The molecule has 0 radical (unpaired) electrons. The van der Waals surface area contributed by atoms with Crippen LogP contribution in [0.5, 0.6) is 0 Å². The van der Waals surface area contributed by atoms with Gasteiger partial charge in [0, 0.05) is 23.6 Å². The minimum Gasteiger partial charge on any atom is -0.463 e. The minimum atomic E-state index is -1.34. The van der Waals surface area contributed by atoms with Gasteiger partial charge >= 0.3 is 11.6 Å². The lowest BCUT2D eigenvalue weighted by atomic mass is 10.1. The maximum absolute atomic E-state index is 12.5. The van der Waals surface area contributed by atoms with E-state index in [9.17, 15) is 19.8 Å². The van der Waals surface area contributed by atoms with Crippen LogP contribution in [0, 0.1) is 0 Å². The lowest BCUT2D eigenvalue weighted by molar-refractivity contribution is -0.147. The van der Waals surface area contributed by atoms with Crippen LogP contribution in [-0.4, -0.2) is 60.6 Å². The number of esters is 1. The molecule has 0 amide bonds. The minimum absolute atomic E-state index is 0.216. The van der Waals surface area contributed by atoms with Gasteiger partial charge in [-0.3, -0.25) is 9.36 Å². The zero-order chi connectivity index (χ0) is 23.8. The zero-order valence-corrected chi connectivity index (χ0v) is 18.7. The van der Waals surface area contributed by atoms with Gasteiger partial charge in [0.2, 0.25) is 0 Å². The van der Waals surface area contributed by atoms with Crippen LogP contribution in [0.3, 0.4) is 0 Å². The van der Waals surface area contributed by atoms with Crippen molar-refractivity contribution in [1.29, 1.82) is 0 Å². The second kappa shape index (κ2) is 9.14.